The van der Waals surface area contributed by atoms with Gasteiger partial charge in [-0.05, 0) is 50.1 Å². The molecular formula is C25H25N5O3. The van der Waals surface area contributed by atoms with E-state index < -0.39 is 11.8 Å². The number of anilines is 1. The van der Waals surface area contributed by atoms with Crippen molar-refractivity contribution >= 4 is 28.4 Å². The Morgan fingerprint density at radius 1 is 1.09 bits per heavy atom. The van der Waals surface area contributed by atoms with E-state index in [-0.39, 0.29) is 11.3 Å². The van der Waals surface area contributed by atoms with Crippen LogP contribution in [0.2, 0.25) is 0 Å². The SMILES string of the molecule is COc1ccc(CCn2nc(C)c(NC(=O)c3cc(C(N)=O)c4ccccc4n3)c2C)cc1. The second-order valence-electron chi connectivity index (χ2n) is 7.76. The fourth-order valence-electron chi connectivity index (χ4n) is 3.80. The molecule has 0 spiro atoms. The number of nitrogens with zero attached hydrogens (tertiary/aromatic N) is 3. The standard InChI is InChI=1S/C25H25N5O3/c1-15-23(16(2)30(29-15)13-12-17-8-10-18(33-3)11-9-17)28-25(32)22-14-20(24(26)31)19-6-4-5-7-21(19)27-22/h4-11,14H,12-13H2,1-3H3,(H2,26,31)(H,28,32). The van der Waals surface area contributed by atoms with Crippen molar-refractivity contribution in [2.45, 2.75) is 26.8 Å². The van der Waals surface area contributed by atoms with Crippen LogP contribution in [-0.4, -0.2) is 33.7 Å². The maximum absolute atomic E-state index is 13.0. The van der Waals surface area contributed by atoms with E-state index in [1.165, 1.54) is 6.07 Å². The summed E-state index contributed by atoms with van der Waals surface area (Å²) in [5, 5.41) is 8.10. The number of nitrogens with one attached hydrogen (secondary N) is 1. The topological polar surface area (TPSA) is 112 Å². The highest BCUT2D eigenvalue weighted by Gasteiger charge is 2.19. The Hall–Kier alpha value is -4.20. The monoisotopic (exact) mass is 443 g/mol. The van der Waals surface area contributed by atoms with Gasteiger partial charge in [-0.15, -0.1) is 0 Å². The minimum Gasteiger partial charge on any atom is -0.497 e. The number of primary amides is 1. The molecule has 0 radical (unpaired) electrons. The summed E-state index contributed by atoms with van der Waals surface area (Å²) in [4.78, 5) is 29.4. The van der Waals surface area contributed by atoms with Crippen molar-refractivity contribution in [3.63, 3.8) is 0 Å². The van der Waals surface area contributed by atoms with Gasteiger partial charge in [-0.3, -0.25) is 14.3 Å². The molecule has 0 saturated heterocycles. The van der Waals surface area contributed by atoms with Crippen LogP contribution in [0.4, 0.5) is 5.69 Å². The first kappa shape index (κ1) is 22.0. The van der Waals surface area contributed by atoms with Crippen LogP contribution in [0.25, 0.3) is 10.9 Å². The molecule has 0 aliphatic rings. The van der Waals surface area contributed by atoms with Gasteiger partial charge in [0.15, 0.2) is 0 Å². The van der Waals surface area contributed by atoms with Gasteiger partial charge < -0.3 is 15.8 Å². The van der Waals surface area contributed by atoms with Crippen molar-refractivity contribution in [2.75, 3.05) is 12.4 Å². The van der Waals surface area contributed by atoms with Crippen molar-refractivity contribution < 1.29 is 14.3 Å². The largest absolute Gasteiger partial charge is 0.497 e. The zero-order chi connectivity index (χ0) is 23.5. The maximum Gasteiger partial charge on any atom is 0.274 e. The number of pyridine rings is 1. The van der Waals surface area contributed by atoms with Crippen LogP contribution in [0.1, 0.15) is 37.8 Å². The Labute approximate surface area is 191 Å². The molecule has 0 unspecified atom stereocenters. The number of amides is 2. The number of aryl methyl sites for hydroxylation is 3. The maximum atomic E-state index is 13.0. The summed E-state index contributed by atoms with van der Waals surface area (Å²) in [6.07, 6.45) is 0.785. The summed E-state index contributed by atoms with van der Waals surface area (Å²) in [5.74, 6) is -0.220. The zero-order valence-electron chi connectivity index (χ0n) is 18.8. The van der Waals surface area contributed by atoms with E-state index in [9.17, 15) is 9.59 Å². The number of carbonyl (C=O) groups is 2. The third-order valence-electron chi connectivity index (χ3n) is 5.61. The quantitative estimate of drug-likeness (QED) is 0.453. The Kier molecular flexibility index (Phi) is 6.08. The molecule has 4 aromatic rings. The van der Waals surface area contributed by atoms with Gasteiger partial charge in [0, 0.05) is 11.9 Å². The second kappa shape index (κ2) is 9.12. The fourth-order valence-corrected chi connectivity index (χ4v) is 3.80. The molecule has 168 valence electrons. The van der Waals surface area contributed by atoms with Gasteiger partial charge in [0.25, 0.3) is 5.91 Å². The number of carbonyl (C=O) groups excluding carboxylic acids is 2. The molecule has 0 aliphatic heterocycles. The number of methoxy groups -OCH3 is 1. The lowest BCUT2D eigenvalue weighted by molar-refractivity contribution is 0.100. The molecule has 2 amide bonds. The molecule has 8 nitrogen and oxygen atoms in total. The summed E-state index contributed by atoms with van der Waals surface area (Å²) in [7, 11) is 1.64. The smallest absolute Gasteiger partial charge is 0.274 e. The van der Waals surface area contributed by atoms with Crippen LogP contribution in [0.15, 0.2) is 54.6 Å². The van der Waals surface area contributed by atoms with E-state index >= 15 is 0 Å². The number of rotatable bonds is 7. The van der Waals surface area contributed by atoms with E-state index in [1.54, 1.807) is 31.4 Å². The third-order valence-corrected chi connectivity index (χ3v) is 5.61. The van der Waals surface area contributed by atoms with E-state index in [0.29, 0.717) is 28.8 Å². The zero-order valence-corrected chi connectivity index (χ0v) is 18.8. The lowest BCUT2D eigenvalue weighted by Gasteiger charge is -2.09. The first-order valence-electron chi connectivity index (χ1n) is 10.5. The molecule has 0 aliphatic carbocycles. The van der Waals surface area contributed by atoms with Crippen LogP contribution in [-0.2, 0) is 13.0 Å². The number of fused-ring (bicyclic) bond motifs is 1. The number of aromatic nitrogens is 3. The molecule has 2 aromatic carbocycles. The van der Waals surface area contributed by atoms with E-state index in [2.05, 4.69) is 15.4 Å². The Morgan fingerprint density at radius 2 is 1.82 bits per heavy atom. The average molecular weight is 444 g/mol. The molecule has 33 heavy (non-hydrogen) atoms. The van der Waals surface area contributed by atoms with Crippen LogP contribution in [0.5, 0.6) is 5.75 Å². The molecule has 0 bridgehead atoms. The predicted molar refractivity (Wildman–Crippen MR) is 127 cm³/mol. The summed E-state index contributed by atoms with van der Waals surface area (Å²) in [6.45, 7) is 4.41. The van der Waals surface area contributed by atoms with Crippen molar-refractivity contribution in [3.05, 3.63) is 82.8 Å². The van der Waals surface area contributed by atoms with Crippen molar-refractivity contribution in [2.24, 2.45) is 5.73 Å². The number of ether oxygens (including phenoxy) is 1. The Morgan fingerprint density at radius 3 is 2.52 bits per heavy atom. The first-order valence-corrected chi connectivity index (χ1v) is 10.5. The molecular weight excluding hydrogens is 418 g/mol. The number of nitrogens with two attached hydrogens (primary N) is 1. The first-order chi connectivity index (χ1) is 15.9. The van der Waals surface area contributed by atoms with Gasteiger partial charge in [-0.25, -0.2) is 4.98 Å². The third kappa shape index (κ3) is 4.55. The van der Waals surface area contributed by atoms with E-state index in [1.807, 2.05) is 42.8 Å². The normalized spacial score (nSPS) is 10.9. The van der Waals surface area contributed by atoms with Gasteiger partial charge in [0.1, 0.15) is 11.4 Å². The predicted octanol–water partition coefficient (Wildman–Crippen LogP) is 3.65. The van der Waals surface area contributed by atoms with Gasteiger partial charge in [-0.2, -0.15) is 5.10 Å². The van der Waals surface area contributed by atoms with Gasteiger partial charge in [0.2, 0.25) is 5.91 Å². The van der Waals surface area contributed by atoms with E-state index in [4.69, 9.17) is 10.5 Å². The molecule has 4 rings (SSSR count). The number of hydrogen-bond donors (Lipinski definition) is 2. The molecule has 2 heterocycles. The Balaban J connectivity index is 1.55. The van der Waals surface area contributed by atoms with Crippen LogP contribution in [0.3, 0.4) is 0 Å². The summed E-state index contributed by atoms with van der Waals surface area (Å²) in [6, 6.07) is 16.4. The van der Waals surface area contributed by atoms with E-state index in [0.717, 1.165) is 23.4 Å². The summed E-state index contributed by atoms with van der Waals surface area (Å²) < 4.78 is 7.07. The minimum atomic E-state index is -0.610. The average Bonchev–Trinajstić information content (AvgIpc) is 3.09. The summed E-state index contributed by atoms with van der Waals surface area (Å²) >= 11 is 0. The van der Waals surface area contributed by atoms with Crippen LogP contribution in [0, 0.1) is 13.8 Å². The van der Waals surface area contributed by atoms with Gasteiger partial charge in [0.05, 0.1) is 35.3 Å². The molecule has 8 heteroatoms. The molecule has 0 fully saturated rings. The Bertz CT molecular complexity index is 1340. The lowest BCUT2D eigenvalue weighted by atomic mass is 10.1. The summed E-state index contributed by atoms with van der Waals surface area (Å²) in [5.41, 5.74) is 9.77. The van der Waals surface area contributed by atoms with Crippen molar-refractivity contribution in [1.82, 2.24) is 14.8 Å². The molecule has 0 saturated carbocycles. The highest BCUT2D eigenvalue weighted by molar-refractivity contribution is 6.10. The number of benzene rings is 2. The highest BCUT2D eigenvalue weighted by Crippen LogP contribution is 2.23. The van der Waals surface area contributed by atoms with Crippen molar-refractivity contribution in [3.8, 4) is 5.75 Å². The lowest BCUT2D eigenvalue weighted by Crippen LogP contribution is -2.18. The highest BCUT2D eigenvalue weighted by atomic mass is 16.5. The molecule has 2 aromatic heterocycles. The van der Waals surface area contributed by atoms with Gasteiger partial charge in [-0.1, -0.05) is 30.3 Å². The number of hydrogen-bond acceptors (Lipinski definition) is 5. The second-order valence-corrected chi connectivity index (χ2v) is 7.76. The van der Waals surface area contributed by atoms with Gasteiger partial charge >= 0.3 is 0 Å². The van der Waals surface area contributed by atoms with Crippen molar-refractivity contribution in [1.29, 1.82) is 0 Å². The van der Waals surface area contributed by atoms with Crippen LogP contribution >= 0.6 is 0 Å². The molecule has 0 atom stereocenters. The fraction of sp³-hybridized carbons (Fsp3) is 0.200. The molecule has 3 N–H and O–H groups in total. The van der Waals surface area contributed by atoms with Crippen LogP contribution < -0.4 is 15.8 Å². The minimum absolute atomic E-state index is 0.118. The number of para-hydroxylation sites is 1.